The third kappa shape index (κ3) is 4.95. The molecule has 0 spiro atoms. The molecular weight excluding hydrogens is 242 g/mol. The van der Waals surface area contributed by atoms with Crippen molar-refractivity contribution in [2.75, 3.05) is 12.0 Å². The lowest BCUT2D eigenvalue weighted by Crippen LogP contribution is -2.15. The smallest absolute Gasteiger partial charge is 0.179 e. The number of carbonyl (C=O) groups is 1. The quantitative estimate of drug-likeness (QED) is 0.738. The zero-order chi connectivity index (χ0) is 13.1. The number of nitrogens with zero attached hydrogens (tertiary/aromatic N) is 1. The number of hydrogen-bond donors (Lipinski definition) is 0. The summed E-state index contributed by atoms with van der Waals surface area (Å²) in [7, 11) is -3.33. The first-order chi connectivity index (χ1) is 7.78. The van der Waals surface area contributed by atoms with E-state index < -0.39 is 21.4 Å². The molecule has 0 bridgehead atoms. The molecule has 1 rings (SSSR count). The largest absolute Gasteiger partial charge is 0.489 e. The van der Waals surface area contributed by atoms with Gasteiger partial charge in [-0.1, -0.05) is 0 Å². The summed E-state index contributed by atoms with van der Waals surface area (Å²) in [5.74, 6) is -0.534. The highest BCUT2D eigenvalue weighted by Crippen LogP contribution is 2.13. The van der Waals surface area contributed by atoms with Crippen LogP contribution in [0.2, 0.25) is 0 Å². The molecule has 1 aromatic heterocycles. The Morgan fingerprint density at radius 1 is 1.41 bits per heavy atom. The predicted octanol–water partition coefficient (Wildman–Crippen LogP) is 1.10. The van der Waals surface area contributed by atoms with Crippen LogP contribution in [0.3, 0.4) is 0 Å². The average molecular weight is 257 g/mol. The summed E-state index contributed by atoms with van der Waals surface area (Å²) in [4.78, 5) is 15.5. The second-order valence-electron chi connectivity index (χ2n) is 4.07. The van der Waals surface area contributed by atoms with Crippen molar-refractivity contribution in [3.63, 3.8) is 0 Å². The van der Waals surface area contributed by atoms with Crippen LogP contribution in [0, 0.1) is 0 Å². The zero-order valence-corrected chi connectivity index (χ0v) is 10.8. The lowest BCUT2D eigenvalue weighted by Gasteiger charge is -2.09. The molecule has 17 heavy (non-hydrogen) atoms. The van der Waals surface area contributed by atoms with Gasteiger partial charge >= 0.3 is 0 Å². The Balaban J connectivity index is 2.88. The van der Waals surface area contributed by atoms with Crippen molar-refractivity contribution >= 4 is 15.6 Å². The Labute approximate surface area is 101 Å². The minimum absolute atomic E-state index is 0.0305. The second kappa shape index (κ2) is 5.27. The monoisotopic (exact) mass is 257 g/mol. The van der Waals surface area contributed by atoms with E-state index in [2.05, 4.69) is 4.98 Å². The van der Waals surface area contributed by atoms with Gasteiger partial charge in [-0.25, -0.2) is 8.42 Å². The maximum atomic E-state index is 11.6. The maximum absolute atomic E-state index is 11.6. The highest BCUT2D eigenvalue weighted by Gasteiger charge is 2.14. The number of carbonyl (C=O) groups excluding carboxylic acids is 1. The fourth-order valence-corrected chi connectivity index (χ4v) is 1.87. The van der Waals surface area contributed by atoms with Gasteiger partial charge in [-0.2, -0.15) is 0 Å². The number of pyridine rings is 1. The van der Waals surface area contributed by atoms with Crippen molar-refractivity contribution in [3.8, 4) is 5.75 Å². The number of aromatic nitrogens is 1. The lowest BCUT2D eigenvalue weighted by atomic mass is 10.2. The normalized spacial score (nSPS) is 11.5. The minimum atomic E-state index is -3.33. The van der Waals surface area contributed by atoms with E-state index in [1.165, 1.54) is 18.5 Å². The molecule has 0 aliphatic rings. The third-order valence-corrected chi connectivity index (χ3v) is 2.59. The summed E-state index contributed by atoms with van der Waals surface area (Å²) < 4.78 is 27.4. The van der Waals surface area contributed by atoms with Crippen LogP contribution < -0.4 is 4.74 Å². The number of ketones is 1. The number of Topliss-reactive ketones (excluding diaryl/α,β-unsaturated/α-hetero) is 1. The molecule has 0 saturated heterocycles. The number of sulfone groups is 1. The Morgan fingerprint density at radius 3 is 2.59 bits per heavy atom. The van der Waals surface area contributed by atoms with E-state index in [1.807, 2.05) is 13.8 Å². The fourth-order valence-electron chi connectivity index (χ4n) is 1.23. The number of ether oxygens (including phenoxy) is 1. The fraction of sp³-hybridized carbons (Fsp3) is 0.455. The summed E-state index contributed by atoms with van der Waals surface area (Å²) in [6.45, 7) is 3.70. The average Bonchev–Trinajstić information content (AvgIpc) is 2.14. The summed E-state index contributed by atoms with van der Waals surface area (Å²) in [6.07, 6.45) is 3.81. The van der Waals surface area contributed by atoms with Crippen LogP contribution in [-0.2, 0) is 9.84 Å². The van der Waals surface area contributed by atoms with Crippen molar-refractivity contribution in [3.05, 3.63) is 24.0 Å². The van der Waals surface area contributed by atoms with Gasteiger partial charge in [-0.05, 0) is 19.9 Å². The van der Waals surface area contributed by atoms with Gasteiger partial charge in [-0.3, -0.25) is 9.78 Å². The highest BCUT2D eigenvalue weighted by atomic mass is 32.2. The first-order valence-electron chi connectivity index (χ1n) is 5.10. The number of rotatable bonds is 5. The van der Waals surface area contributed by atoms with Crippen molar-refractivity contribution in [1.82, 2.24) is 4.98 Å². The van der Waals surface area contributed by atoms with Crippen LogP contribution in [0.4, 0.5) is 0 Å². The summed E-state index contributed by atoms with van der Waals surface area (Å²) in [5.41, 5.74) is 0.244. The molecule has 6 heteroatoms. The van der Waals surface area contributed by atoms with Gasteiger partial charge in [0.05, 0.1) is 12.3 Å². The van der Waals surface area contributed by atoms with Gasteiger partial charge in [0, 0.05) is 18.0 Å². The van der Waals surface area contributed by atoms with E-state index in [0.29, 0.717) is 5.75 Å². The molecule has 0 amide bonds. The Hall–Kier alpha value is -1.43. The first-order valence-corrected chi connectivity index (χ1v) is 7.16. The molecule has 0 N–H and O–H groups in total. The first kappa shape index (κ1) is 13.6. The van der Waals surface area contributed by atoms with Crippen molar-refractivity contribution in [2.45, 2.75) is 20.0 Å². The van der Waals surface area contributed by atoms with Gasteiger partial charge in [0.15, 0.2) is 15.6 Å². The van der Waals surface area contributed by atoms with Crippen LogP contribution in [-0.4, -0.2) is 37.3 Å². The standard InChI is InChI=1S/C11H15NO4S/c1-8(2)16-10-4-9(5-12-6-10)11(13)7-17(3,14)15/h4-6,8H,7H2,1-3H3. The van der Waals surface area contributed by atoms with Crippen molar-refractivity contribution in [1.29, 1.82) is 0 Å². The molecule has 0 saturated carbocycles. The van der Waals surface area contributed by atoms with E-state index >= 15 is 0 Å². The van der Waals surface area contributed by atoms with E-state index in [0.717, 1.165) is 6.26 Å². The highest BCUT2D eigenvalue weighted by molar-refractivity contribution is 7.91. The Kier molecular flexibility index (Phi) is 4.22. The van der Waals surface area contributed by atoms with Crippen LogP contribution in [0.25, 0.3) is 0 Å². The van der Waals surface area contributed by atoms with E-state index in [9.17, 15) is 13.2 Å². The van der Waals surface area contributed by atoms with Crippen LogP contribution in [0.1, 0.15) is 24.2 Å². The SMILES string of the molecule is CC(C)Oc1cncc(C(=O)CS(C)(=O)=O)c1. The molecule has 0 fully saturated rings. The lowest BCUT2D eigenvalue weighted by molar-refractivity contribution is 0.102. The van der Waals surface area contributed by atoms with Crippen LogP contribution >= 0.6 is 0 Å². The van der Waals surface area contributed by atoms with Crippen LogP contribution in [0.15, 0.2) is 18.5 Å². The molecule has 0 radical (unpaired) electrons. The number of hydrogen-bond acceptors (Lipinski definition) is 5. The zero-order valence-electron chi connectivity index (χ0n) is 10.0. The van der Waals surface area contributed by atoms with Gasteiger partial charge < -0.3 is 4.74 Å². The summed E-state index contributed by atoms with van der Waals surface area (Å²) >= 11 is 0. The molecule has 94 valence electrons. The van der Waals surface area contributed by atoms with E-state index in [4.69, 9.17) is 4.74 Å². The molecule has 0 aliphatic carbocycles. The Bertz CT molecular complexity index is 508. The van der Waals surface area contributed by atoms with Crippen molar-refractivity contribution in [2.24, 2.45) is 0 Å². The second-order valence-corrected chi connectivity index (χ2v) is 6.21. The molecule has 0 aliphatic heterocycles. The summed E-state index contributed by atoms with van der Waals surface area (Å²) in [5, 5.41) is 0. The van der Waals surface area contributed by atoms with E-state index in [1.54, 1.807) is 0 Å². The molecule has 1 heterocycles. The van der Waals surface area contributed by atoms with E-state index in [-0.39, 0.29) is 11.7 Å². The summed E-state index contributed by atoms with van der Waals surface area (Å²) in [6, 6.07) is 1.50. The van der Waals surface area contributed by atoms with Crippen LogP contribution in [0.5, 0.6) is 5.75 Å². The van der Waals surface area contributed by atoms with Gasteiger partial charge in [0.2, 0.25) is 0 Å². The third-order valence-electron chi connectivity index (χ3n) is 1.80. The molecule has 5 nitrogen and oxygen atoms in total. The molecule has 0 atom stereocenters. The van der Waals surface area contributed by atoms with Gasteiger partial charge in [0.25, 0.3) is 0 Å². The van der Waals surface area contributed by atoms with Gasteiger partial charge in [-0.15, -0.1) is 0 Å². The predicted molar refractivity (Wildman–Crippen MR) is 64.0 cm³/mol. The minimum Gasteiger partial charge on any atom is -0.489 e. The molecule has 0 unspecified atom stereocenters. The molecular formula is C11H15NO4S. The molecule has 1 aromatic rings. The van der Waals surface area contributed by atoms with Crippen molar-refractivity contribution < 1.29 is 17.9 Å². The maximum Gasteiger partial charge on any atom is 0.179 e. The topological polar surface area (TPSA) is 73.3 Å². The van der Waals surface area contributed by atoms with Gasteiger partial charge in [0.1, 0.15) is 11.5 Å². The molecule has 0 aromatic carbocycles. The Morgan fingerprint density at radius 2 is 2.06 bits per heavy atom.